The Morgan fingerprint density at radius 3 is 2.80 bits per heavy atom. The predicted molar refractivity (Wildman–Crippen MR) is 110 cm³/mol. The molecule has 0 saturated carbocycles. The smallest absolute Gasteiger partial charge is 0.349 e. The van der Waals surface area contributed by atoms with Crippen molar-refractivity contribution in [1.82, 2.24) is 9.63 Å². The van der Waals surface area contributed by atoms with Gasteiger partial charge in [-0.15, -0.1) is 0 Å². The summed E-state index contributed by atoms with van der Waals surface area (Å²) in [5, 5.41) is 26.0. The maximum atomic E-state index is 13.4. The first-order valence-electron chi connectivity index (χ1n) is 9.71. The number of nitrogens with one attached hydrogen (secondary N) is 1. The molecule has 0 spiro atoms. The number of fused-ring (bicyclic) bond motifs is 5. The molecule has 1 amide bonds. The molecule has 1 fully saturated rings. The van der Waals surface area contributed by atoms with Gasteiger partial charge in [0, 0.05) is 23.5 Å². The molecule has 2 atom stereocenters. The molecule has 30 heavy (non-hydrogen) atoms. The number of nitriles is 1. The highest BCUT2D eigenvalue weighted by molar-refractivity contribution is 6.09. The minimum atomic E-state index is -1.20. The first kappa shape index (κ1) is 18.8. The number of hydrogen-bond acceptors (Lipinski definition) is 7. The third-order valence-electron chi connectivity index (χ3n) is 6.00. The fourth-order valence-electron chi connectivity index (χ4n) is 4.35. The van der Waals surface area contributed by atoms with Gasteiger partial charge in [-0.05, 0) is 25.5 Å². The highest BCUT2D eigenvalue weighted by Gasteiger charge is 2.48. The van der Waals surface area contributed by atoms with E-state index in [2.05, 4.69) is 16.4 Å². The summed E-state index contributed by atoms with van der Waals surface area (Å²) in [5.74, 6) is -0.630. The monoisotopic (exact) mass is 404 g/mol. The number of aromatic nitrogens is 1. The second kappa shape index (κ2) is 6.37. The van der Waals surface area contributed by atoms with Gasteiger partial charge in [-0.1, -0.05) is 6.07 Å². The number of carbonyl (C=O) groups excluding carboxylic acids is 1. The number of benzene rings is 1. The summed E-state index contributed by atoms with van der Waals surface area (Å²) in [6, 6.07) is 7.01. The average molecular weight is 404 g/mol. The number of ether oxygens (including phenoxy) is 2. The topological polar surface area (TPSA) is 107 Å². The lowest BCUT2D eigenvalue weighted by atomic mass is 9.76. The summed E-state index contributed by atoms with van der Waals surface area (Å²) in [4.78, 5) is 17.9. The van der Waals surface area contributed by atoms with Gasteiger partial charge < -0.3 is 20.0 Å². The molecule has 5 rings (SSSR count). The molecule has 8 heteroatoms. The number of nitrogens with zero attached hydrogens (tertiary/aromatic N) is 3. The number of rotatable bonds is 2. The molecule has 1 saturated heterocycles. The molecule has 1 unspecified atom stereocenters. The number of amides is 1. The molecule has 1 N–H and O–H groups in total. The molecule has 3 aliphatic rings. The minimum Gasteiger partial charge on any atom is -0.620 e. The molecule has 0 bridgehead atoms. The van der Waals surface area contributed by atoms with E-state index in [1.807, 2.05) is 6.92 Å². The van der Waals surface area contributed by atoms with Gasteiger partial charge in [-0.25, -0.2) is 9.78 Å². The van der Waals surface area contributed by atoms with Gasteiger partial charge in [0.2, 0.25) is 5.88 Å². The van der Waals surface area contributed by atoms with E-state index in [0.717, 1.165) is 16.8 Å². The summed E-state index contributed by atoms with van der Waals surface area (Å²) in [6.07, 6.45) is 1.64. The standard InChI is InChI=1S/C22H20N4O4/c1-11-8-24-21(30-14-9-29-10-14)19-18-15-5-4-13(7-23)6-16(15)26(3,28)22(27)17(18)12(2)25-20(11)19/h4-6,8,14,18,25H,9-10H2,1-3H3/t18-,26?/m1/s1. The van der Waals surface area contributed by atoms with E-state index in [9.17, 15) is 15.3 Å². The van der Waals surface area contributed by atoms with Crippen molar-refractivity contribution in [2.45, 2.75) is 25.9 Å². The van der Waals surface area contributed by atoms with E-state index in [1.54, 1.807) is 25.3 Å². The number of anilines is 1. The van der Waals surface area contributed by atoms with Crippen LogP contribution < -0.4 is 14.7 Å². The number of quaternary nitrogens is 1. The molecule has 2 aromatic rings. The molecule has 4 heterocycles. The first-order valence-corrected chi connectivity index (χ1v) is 9.71. The second-order valence-electron chi connectivity index (χ2n) is 8.02. The van der Waals surface area contributed by atoms with Crippen molar-refractivity contribution in [3.05, 3.63) is 63.1 Å². The Bertz CT molecular complexity index is 1170. The Balaban J connectivity index is 1.79. The van der Waals surface area contributed by atoms with Crippen LogP contribution in [0, 0.1) is 23.5 Å². The first-order chi connectivity index (χ1) is 14.3. The van der Waals surface area contributed by atoms with Gasteiger partial charge in [0.1, 0.15) is 11.8 Å². The molecule has 0 aliphatic carbocycles. The zero-order valence-electron chi connectivity index (χ0n) is 16.9. The Labute approximate surface area is 173 Å². The van der Waals surface area contributed by atoms with Crippen molar-refractivity contribution >= 4 is 17.3 Å². The zero-order chi connectivity index (χ0) is 21.2. The minimum absolute atomic E-state index is 0.0972. The number of likely N-dealkylation sites (N-methyl/N-ethyl adjacent to an activating group) is 1. The average Bonchev–Trinajstić information content (AvgIpc) is 2.69. The summed E-state index contributed by atoms with van der Waals surface area (Å²) in [7, 11) is 1.31. The van der Waals surface area contributed by atoms with E-state index in [1.165, 1.54) is 13.1 Å². The number of hydrogen-bond donors (Lipinski definition) is 1. The van der Waals surface area contributed by atoms with Crippen LogP contribution in [0.2, 0.25) is 0 Å². The fraction of sp³-hybridized carbons (Fsp3) is 0.318. The Hall–Kier alpha value is -3.25. The van der Waals surface area contributed by atoms with Gasteiger partial charge in [0.05, 0.1) is 54.6 Å². The Morgan fingerprint density at radius 2 is 2.13 bits per heavy atom. The third-order valence-corrected chi connectivity index (χ3v) is 6.00. The highest BCUT2D eigenvalue weighted by atomic mass is 16.6. The van der Waals surface area contributed by atoms with Crippen LogP contribution in [0.25, 0.3) is 0 Å². The molecule has 1 aromatic carbocycles. The summed E-state index contributed by atoms with van der Waals surface area (Å²) in [6.45, 7) is 4.71. The normalized spacial score (nSPS) is 24.8. The lowest BCUT2D eigenvalue weighted by Gasteiger charge is -2.45. The van der Waals surface area contributed by atoms with Crippen molar-refractivity contribution in [3.63, 3.8) is 0 Å². The van der Waals surface area contributed by atoms with E-state index >= 15 is 0 Å². The van der Waals surface area contributed by atoms with E-state index in [4.69, 9.17) is 9.47 Å². The molecule has 152 valence electrons. The van der Waals surface area contributed by atoms with Gasteiger partial charge in [-0.2, -0.15) is 5.26 Å². The Morgan fingerprint density at radius 1 is 1.37 bits per heavy atom. The zero-order valence-corrected chi connectivity index (χ0v) is 16.9. The van der Waals surface area contributed by atoms with Gasteiger partial charge in [0.25, 0.3) is 0 Å². The summed E-state index contributed by atoms with van der Waals surface area (Å²) < 4.78 is 10.1. The number of hydroxylamine groups is 2. The molecular formula is C22H20N4O4. The third kappa shape index (κ3) is 2.50. The van der Waals surface area contributed by atoms with Gasteiger partial charge in [-0.3, -0.25) is 4.65 Å². The number of pyridine rings is 1. The fourth-order valence-corrected chi connectivity index (χ4v) is 4.35. The number of carbonyl (C=O) groups is 1. The molecular weight excluding hydrogens is 384 g/mol. The Kier molecular flexibility index (Phi) is 3.98. The SMILES string of the molecule is CC1=C2C(=O)[N+](C)([O-])c3cc(C#N)ccc3[C@H]2c2c(OC3COC3)ncc(C)c2N1. The van der Waals surface area contributed by atoms with Crippen molar-refractivity contribution in [2.75, 3.05) is 25.6 Å². The van der Waals surface area contributed by atoms with Crippen molar-refractivity contribution in [1.29, 1.82) is 5.26 Å². The van der Waals surface area contributed by atoms with Crippen LogP contribution >= 0.6 is 0 Å². The lowest BCUT2D eigenvalue weighted by molar-refractivity contribution is -0.124. The van der Waals surface area contributed by atoms with E-state index in [-0.39, 0.29) is 11.8 Å². The van der Waals surface area contributed by atoms with Crippen LogP contribution in [-0.4, -0.2) is 37.3 Å². The molecule has 1 aromatic heterocycles. The molecule has 3 aliphatic heterocycles. The number of allylic oxidation sites excluding steroid dienone is 1. The summed E-state index contributed by atoms with van der Waals surface area (Å²) in [5.41, 5.74) is 4.81. The lowest BCUT2D eigenvalue weighted by Crippen LogP contribution is -2.51. The quantitative estimate of drug-likeness (QED) is 0.606. The van der Waals surface area contributed by atoms with Crippen LogP contribution in [0.15, 0.2) is 35.7 Å². The van der Waals surface area contributed by atoms with E-state index < -0.39 is 16.5 Å². The predicted octanol–water partition coefficient (Wildman–Crippen LogP) is 2.85. The van der Waals surface area contributed by atoms with Crippen LogP contribution in [0.4, 0.5) is 11.4 Å². The maximum absolute atomic E-state index is 13.4. The van der Waals surface area contributed by atoms with Crippen LogP contribution in [0.3, 0.4) is 0 Å². The molecule has 8 nitrogen and oxygen atoms in total. The van der Waals surface area contributed by atoms with E-state index in [0.29, 0.717) is 41.5 Å². The maximum Gasteiger partial charge on any atom is 0.349 e. The van der Waals surface area contributed by atoms with Gasteiger partial charge in [0.15, 0.2) is 0 Å². The van der Waals surface area contributed by atoms with Crippen LogP contribution in [0.1, 0.15) is 35.1 Å². The van der Waals surface area contributed by atoms with Gasteiger partial charge >= 0.3 is 5.91 Å². The number of aryl methyl sites for hydroxylation is 1. The van der Waals surface area contributed by atoms with Crippen molar-refractivity contribution < 1.29 is 14.3 Å². The molecule has 0 radical (unpaired) electrons. The van der Waals surface area contributed by atoms with Crippen LogP contribution in [-0.2, 0) is 9.53 Å². The second-order valence-corrected chi connectivity index (χ2v) is 8.02. The largest absolute Gasteiger partial charge is 0.620 e. The highest BCUT2D eigenvalue weighted by Crippen LogP contribution is 2.53. The van der Waals surface area contributed by atoms with Crippen molar-refractivity contribution in [2.24, 2.45) is 0 Å². The van der Waals surface area contributed by atoms with Crippen LogP contribution in [0.5, 0.6) is 5.88 Å². The summed E-state index contributed by atoms with van der Waals surface area (Å²) >= 11 is 0. The van der Waals surface area contributed by atoms with Crippen molar-refractivity contribution in [3.8, 4) is 11.9 Å².